The van der Waals surface area contributed by atoms with Crippen LogP contribution >= 0.6 is 12.2 Å². The average Bonchev–Trinajstić information content (AvgIpc) is 2.92. The first-order valence-corrected chi connectivity index (χ1v) is 7.74. The van der Waals surface area contributed by atoms with Gasteiger partial charge in [-0.05, 0) is 37.3 Å². The minimum absolute atomic E-state index is 0.188. The molecule has 2 N–H and O–H groups in total. The van der Waals surface area contributed by atoms with E-state index in [1.165, 1.54) is 0 Å². The second-order valence-corrected chi connectivity index (χ2v) is 5.60. The Morgan fingerprint density at radius 1 is 1.17 bits per heavy atom. The van der Waals surface area contributed by atoms with Gasteiger partial charge < -0.3 is 14.5 Å². The number of thiocarbonyl (C=S) groups is 1. The van der Waals surface area contributed by atoms with E-state index in [4.69, 9.17) is 21.4 Å². The maximum absolute atomic E-state index is 12.4. The SMILES string of the molecule is COc1cccc(NC(=S)NC(=O)c2oc3ccccc3c2C)c1. The van der Waals surface area contributed by atoms with E-state index in [0.717, 1.165) is 16.6 Å². The van der Waals surface area contributed by atoms with Gasteiger partial charge in [-0.1, -0.05) is 24.3 Å². The van der Waals surface area contributed by atoms with Gasteiger partial charge in [0, 0.05) is 22.7 Å². The predicted molar refractivity (Wildman–Crippen MR) is 97.6 cm³/mol. The number of nitrogens with one attached hydrogen (secondary N) is 2. The molecule has 0 spiro atoms. The molecule has 0 unspecified atom stereocenters. The predicted octanol–water partition coefficient (Wildman–Crippen LogP) is 3.88. The van der Waals surface area contributed by atoms with Gasteiger partial charge in [-0.2, -0.15) is 0 Å². The van der Waals surface area contributed by atoms with Crippen molar-refractivity contribution in [1.82, 2.24) is 5.32 Å². The molecule has 24 heavy (non-hydrogen) atoms. The third-order valence-electron chi connectivity index (χ3n) is 3.60. The quantitative estimate of drug-likeness (QED) is 0.709. The lowest BCUT2D eigenvalue weighted by Crippen LogP contribution is -2.34. The van der Waals surface area contributed by atoms with Crippen LogP contribution in [0.1, 0.15) is 16.1 Å². The van der Waals surface area contributed by atoms with E-state index in [-0.39, 0.29) is 16.8 Å². The topological polar surface area (TPSA) is 63.5 Å². The van der Waals surface area contributed by atoms with Crippen LogP contribution in [-0.2, 0) is 0 Å². The highest BCUT2D eigenvalue weighted by Gasteiger charge is 2.18. The third kappa shape index (κ3) is 3.23. The van der Waals surface area contributed by atoms with E-state index in [1.807, 2.05) is 49.4 Å². The van der Waals surface area contributed by atoms with Gasteiger partial charge in [-0.15, -0.1) is 0 Å². The van der Waals surface area contributed by atoms with Crippen LogP contribution in [0.25, 0.3) is 11.0 Å². The molecule has 1 heterocycles. The molecular weight excluding hydrogens is 324 g/mol. The fraction of sp³-hybridized carbons (Fsp3) is 0.111. The second-order valence-electron chi connectivity index (χ2n) is 5.19. The molecule has 2 aromatic carbocycles. The summed E-state index contributed by atoms with van der Waals surface area (Å²) in [6.07, 6.45) is 0. The van der Waals surface area contributed by atoms with Gasteiger partial charge >= 0.3 is 0 Å². The number of methoxy groups -OCH3 is 1. The lowest BCUT2D eigenvalue weighted by Gasteiger charge is -2.10. The van der Waals surface area contributed by atoms with Crippen LogP contribution in [-0.4, -0.2) is 18.1 Å². The molecule has 0 saturated heterocycles. The largest absolute Gasteiger partial charge is 0.497 e. The fourth-order valence-electron chi connectivity index (χ4n) is 2.41. The Morgan fingerprint density at radius 3 is 2.71 bits per heavy atom. The molecule has 1 aromatic heterocycles. The number of hydrogen-bond donors (Lipinski definition) is 2. The van der Waals surface area contributed by atoms with Crippen molar-refractivity contribution >= 4 is 39.9 Å². The van der Waals surface area contributed by atoms with Crippen LogP contribution in [0.4, 0.5) is 5.69 Å². The van der Waals surface area contributed by atoms with Crippen LogP contribution in [0.3, 0.4) is 0 Å². The van der Waals surface area contributed by atoms with Crippen molar-refractivity contribution in [2.75, 3.05) is 12.4 Å². The first-order chi connectivity index (χ1) is 11.6. The molecule has 0 bridgehead atoms. The highest BCUT2D eigenvalue weighted by Crippen LogP contribution is 2.24. The maximum atomic E-state index is 12.4. The highest BCUT2D eigenvalue weighted by molar-refractivity contribution is 7.80. The van der Waals surface area contributed by atoms with Gasteiger partial charge in [-0.25, -0.2) is 0 Å². The zero-order valence-electron chi connectivity index (χ0n) is 13.3. The lowest BCUT2D eigenvalue weighted by molar-refractivity contribution is 0.0952. The molecule has 3 aromatic rings. The molecule has 0 saturated carbocycles. The molecule has 0 fully saturated rings. The molecular formula is C18H16N2O3S. The molecule has 6 heteroatoms. The number of carbonyl (C=O) groups excluding carboxylic acids is 1. The fourth-order valence-corrected chi connectivity index (χ4v) is 2.62. The number of fused-ring (bicyclic) bond motifs is 1. The van der Waals surface area contributed by atoms with Crippen molar-refractivity contribution in [3.05, 3.63) is 59.9 Å². The zero-order chi connectivity index (χ0) is 17.1. The van der Waals surface area contributed by atoms with E-state index in [9.17, 15) is 4.79 Å². The standard InChI is InChI=1S/C18H16N2O3S/c1-11-14-8-3-4-9-15(14)23-16(11)17(21)20-18(24)19-12-6-5-7-13(10-12)22-2/h3-10H,1-2H3,(H2,19,20,21,24). The second kappa shape index (κ2) is 6.72. The average molecular weight is 340 g/mol. The molecule has 0 aliphatic heterocycles. The summed E-state index contributed by atoms with van der Waals surface area (Å²) in [4.78, 5) is 12.4. The van der Waals surface area contributed by atoms with E-state index in [2.05, 4.69) is 10.6 Å². The number of furan rings is 1. The van der Waals surface area contributed by atoms with E-state index in [0.29, 0.717) is 11.3 Å². The molecule has 3 rings (SSSR count). The molecule has 0 atom stereocenters. The Hall–Kier alpha value is -2.86. The first-order valence-electron chi connectivity index (χ1n) is 7.33. The van der Waals surface area contributed by atoms with Crippen LogP contribution in [0.2, 0.25) is 0 Å². The molecule has 5 nitrogen and oxygen atoms in total. The van der Waals surface area contributed by atoms with Gasteiger partial charge in [0.25, 0.3) is 5.91 Å². The molecule has 1 amide bonds. The van der Waals surface area contributed by atoms with Crippen LogP contribution < -0.4 is 15.4 Å². The number of aryl methyl sites for hydroxylation is 1. The number of amides is 1. The van der Waals surface area contributed by atoms with E-state index >= 15 is 0 Å². The summed E-state index contributed by atoms with van der Waals surface area (Å²) < 4.78 is 10.8. The van der Waals surface area contributed by atoms with Crippen LogP contribution in [0.5, 0.6) is 5.75 Å². The number of benzene rings is 2. The van der Waals surface area contributed by atoms with Crippen molar-refractivity contribution in [2.45, 2.75) is 6.92 Å². The molecule has 0 aliphatic carbocycles. The number of carbonyl (C=O) groups is 1. The van der Waals surface area contributed by atoms with E-state index in [1.54, 1.807) is 13.2 Å². The van der Waals surface area contributed by atoms with Gasteiger partial charge in [0.15, 0.2) is 10.9 Å². The Labute approximate surface area is 144 Å². The lowest BCUT2D eigenvalue weighted by atomic mass is 10.1. The Kier molecular flexibility index (Phi) is 4.48. The summed E-state index contributed by atoms with van der Waals surface area (Å²) in [6.45, 7) is 1.85. The Bertz CT molecular complexity index is 918. The summed E-state index contributed by atoms with van der Waals surface area (Å²) in [6, 6.07) is 14.8. The number of hydrogen-bond acceptors (Lipinski definition) is 4. The van der Waals surface area contributed by atoms with Gasteiger partial charge in [-0.3, -0.25) is 10.1 Å². The van der Waals surface area contributed by atoms with Crippen molar-refractivity contribution in [1.29, 1.82) is 0 Å². The number of ether oxygens (including phenoxy) is 1. The molecule has 0 radical (unpaired) electrons. The van der Waals surface area contributed by atoms with Crippen LogP contribution in [0, 0.1) is 6.92 Å². The Morgan fingerprint density at radius 2 is 1.96 bits per heavy atom. The Balaban J connectivity index is 1.73. The normalized spacial score (nSPS) is 10.4. The third-order valence-corrected chi connectivity index (χ3v) is 3.81. The summed E-state index contributed by atoms with van der Waals surface area (Å²) >= 11 is 5.19. The number of para-hydroxylation sites is 1. The summed E-state index contributed by atoms with van der Waals surface area (Å²) in [5.74, 6) is 0.567. The van der Waals surface area contributed by atoms with Crippen molar-refractivity contribution in [3.8, 4) is 5.75 Å². The minimum atomic E-state index is -0.385. The summed E-state index contributed by atoms with van der Waals surface area (Å²) in [5, 5.41) is 6.68. The van der Waals surface area contributed by atoms with Crippen molar-refractivity contribution in [2.24, 2.45) is 0 Å². The minimum Gasteiger partial charge on any atom is -0.497 e. The highest BCUT2D eigenvalue weighted by atomic mass is 32.1. The summed E-state index contributed by atoms with van der Waals surface area (Å²) in [5.41, 5.74) is 2.18. The monoisotopic (exact) mass is 340 g/mol. The molecule has 122 valence electrons. The smallest absolute Gasteiger partial charge is 0.293 e. The molecule has 0 aliphatic rings. The number of rotatable bonds is 3. The maximum Gasteiger partial charge on any atom is 0.293 e. The summed E-state index contributed by atoms with van der Waals surface area (Å²) in [7, 11) is 1.59. The van der Waals surface area contributed by atoms with Crippen molar-refractivity contribution < 1.29 is 13.9 Å². The van der Waals surface area contributed by atoms with Crippen LogP contribution in [0.15, 0.2) is 52.9 Å². The zero-order valence-corrected chi connectivity index (χ0v) is 14.1. The van der Waals surface area contributed by atoms with Gasteiger partial charge in [0.1, 0.15) is 11.3 Å². The van der Waals surface area contributed by atoms with Gasteiger partial charge in [0.2, 0.25) is 0 Å². The van der Waals surface area contributed by atoms with Gasteiger partial charge in [0.05, 0.1) is 7.11 Å². The van der Waals surface area contributed by atoms with E-state index < -0.39 is 0 Å². The first kappa shape index (κ1) is 16.0. The number of anilines is 1. The van der Waals surface area contributed by atoms with Crippen molar-refractivity contribution in [3.63, 3.8) is 0 Å².